The second-order valence-electron chi connectivity index (χ2n) is 6.23. The Kier molecular flexibility index (Phi) is 5.36. The molecule has 0 amide bonds. The van der Waals surface area contributed by atoms with Crippen molar-refractivity contribution in [3.05, 3.63) is 58.9 Å². The number of carbonyl (C=O) groups is 1. The highest BCUT2D eigenvalue weighted by Gasteiger charge is 2.26. The van der Waals surface area contributed by atoms with E-state index in [1.165, 1.54) is 11.1 Å². The number of rotatable bonds is 6. The van der Waals surface area contributed by atoms with Gasteiger partial charge in [0.2, 0.25) is 0 Å². The molecule has 3 rings (SSSR count). The van der Waals surface area contributed by atoms with Crippen molar-refractivity contribution in [3.8, 4) is 0 Å². The van der Waals surface area contributed by atoms with Gasteiger partial charge in [-0.2, -0.15) is 0 Å². The summed E-state index contributed by atoms with van der Waals surface area (Å²) in [7, 11) is 0. The number of cyclic esters (lactones) is 1. The van der Waals surface area contributed by atoms with Gasteiger partial charge in [0.25, 0.3) is 6.29 Å². The van der Waals surface area contributed by atoms with Crippen LogP contribution in [0.1, 0.15) is 43.7 Å². The fourth-order valence-corrected chi connectivity index (χ4v) is 3.30. The molecule has 4 heteroatoms. The highest BCUT2D eigenvalue weighted by atomic mass is 16.7. The largest absolute Gasteiger partial charge is 0.459 e. The number of hydrogen-bond donors (Lipinski definition) is 0. The molecule has 1 aliphatic heterocycles. The summed E-state index contributed by atoms with van der Waals surface area (Å²) in [5.74, 6) is -0.0218. The lowest BCUT2D eigenvalue weighted by Gasteiger charge is -2.27. The average molecular weight is 328 g/mol. The molecule has 24 heavy (non-hydrogen) atoms. The predicted octanol–water partition coefficient (Wildman–Crippen LogP) is 3.87. The van der Waals surface area contributed by atoms with Crippen molar-refractivity contribution in [2.24, 2.45) is 0 Å². The van der Waals surface area contributed by atoms with Gasteiger partial charge in [0.05, 0.1) is 12.9 Å². The van der Waals surface area contributed by atoms with Crippen molar-refractivity contribution in [3.63, 3.8) is 0 Å². The Bertz CT molecular complexity index is 659. The first-order valence-corrected chi connectivity index (χ1v) is 8.58. The molecule has 1 heterocycles. The summed E-state index contributed by atoms with van der Waals surface area (Å²) in [4.78, 5) is 11.5. The monoisotopic (exact) mass is 328 g/mol. The Morgan fingerprint density at radius 1 is 1.38 bits per heavy atom. The molecule has 2 unspecified atom stereocenters. The minimum absolute atomic E-state index is 0.295. The first-order valence-electron chi connectivity index (χ1n) is 8.58. The standard InChI is InChI=1S/C20H24O4/c1-3-22-12-16(13-23-19-11-14(2)20(21)24-19)18-10-6-8-15-7-4-5-9-17(15)18/h4-5,7,9,11,13,18-19H,3,6,8,10,12H2,1-2H3/b16-13-. The van der Waals surface area contributed by atoms with Crippen molar-refractivity contribution in [2.45, 2.75) is 45.3 Å². The Morgan fingerprint density at radius 2 is 2.21 bits per heavy atom. The molecule has 0 saturated carbocycles. The van der Waals surface area contributed by atoms with Crippen LogP contribution in [0.2, 0.25) is 0 Å². The van der Waals surface area contributed by atoms with Crippen LogP contribution in [0.15, 0.2) is 47.7 Å². The summed E-state index contributed by atoms with van der Waals surface area (Å²) >= 11 is 0. The van der Waals surface area contributed by atoms with Crippen LogP contribution < -0.4 is 0 Å². The normalized spacial score (nSPS) is 23.5. The molecule has 0 fully saturated rings. The lowest BCUT2D eigenvalue weighted by molar-refractivity contribution is -0.152. The Morgan fingerprint density at radius 3 is 2.96 bits per heavy atom. The minimum Gasteiger partial charge on any atom is -0.459 e. The van der Waals surface area contributed by atoms with Gasteiger partial charge in [-0.15, -0.1) is 0 Å². The zero-order chi connectivity index (χ0) is 16.9. The average Bonchev–Trinajstić information content (AvgIpc) is 2.93. The molecule has 0 aromatic heterocycles. The van der Waals surface area contributed by atoms with Crippen LogP contribution in [0.4, 0.5) is 0 Å². The highest BCUT2D eigenvalue weighted by molar-refractivity contribution is 5.89. The second-order valence-corrected chi connectivity index (χ2v) is 6.23. The van der Waals surface area contributed by atoms with Gasteiger partial charge in [-0.25, -0.2) is 4.79 Å². The van der Waals surface area contributed by atoms with Gasteiger partial charge < -0.3 is 14.2 Å². The minimum atomic E-state index is -0.632. The van der Waals surface area contributed by atoms with Crippen LogP contribution >= 0.6 is 0 Å². The van der Waals surface area contributed by atoms with E-state index in [1.54, 1.807) is 19.3 Å². The summed E-state index contributed by atoms with van der Waals surface area (Å²) in [6.45, 7) is 4.90. The molecular formula is C20H24O4. The van der Waals surface area contributed by atoms with Crippen LogP contribution in [0.3, 0.4) is 0 Å². The zero-order valence-corrected chi connectivity index (χ0v) is 14.3. The maximum Gasteiger partial charge on any atom is 0.336 e. The lowest BCUT2D eigenvalue weighted by atomic mass is 9.79. The quantitative estimate of drug-likeness (QED) is 0.587. The van der Waals surface area contributed by atoms with Crippen LogP contribution in [0.5, 0.6) is 0 Å². The molecule has 128 valence electrons. The van der Waals surface area contributed by atoms with Crippen LogP contribution in [-0.4, -0.2) is 25.5 Å². The molecule has 1 aromatic rings. The molecule has 1 aliphatic carbocycles. The zero-order valence-electron chi connectivity index (χ0n) is 14.3. The van der Waals surface area contributed by atoms with Gasteiger partial charge in [0.1, 0.15) is 0 Å². The highest BCUT2D eigenvalue weighted by Crippen LogP contribution is 2.37. The van der Waals surface area contributed by atoms with E-state index < -0.39 is 6.29 Å². The van der Waals surface area contributed by atoms with E-state index in [2.05, 4.69) is 24.3 Å². The number of esters is 1. The lowest BCUT2D eigenvalue weighted by Crippen LogP contribution is -2.17. The van der Waals surface area contributed by atoms with Crippen LogP contribution in [-0.2, 0) is 25.4 Å². The summed E-state index contributed by atoms with van der Waals surface area (Å²) in [5, 5.41) is 0. The maximum absolute atomic E-state index is 11.5. The molecular weight excluding hydrogens is 304 g/mol. The summed E-state index contributed by atoms with van der Waals surface area (Å²) in [5.41, 5.74) is 4.44. The summed E-state index contributed by atoms with van der Waals surface area (Å²) < 4.78 is 16.5. The van der Waals surface area contributed by atoms with E-state index >= 15 is 0 Å². The number of benzene rings is 1. The van der Waals surface area contributed by atoms with Gasteiger partial charge >= 0.3 is 5.97 Å². The number of fused-ring (bicyclic) bond motifs is 1. The third kappa shape index (κ3) is 3.70. The fraction of sp³-hybridized carbons (Fsp3) is 0.450. The van der Waals surface area contributed by atoms with Gasteiger partial charge in [0, 0.05) is 24.2 Å². The Hall–Kier alpha value is -2.07. The first-order chi connectivity index (χ1) is 11.7. The Balaban J connectivity index is 1.79. The van der Waals surface area contributed by atoms with Crippen molar-refractivity contribution < 1.29 is 19.0 Å². The van der Waals surface area contributed by atoms with E-state index in [0.29, 0.717) is 24.7 Å². The van der Waals surface area contributed by atoms with Crippen molar-refractivity contribution in [2.75, 3.05) is 13.2 Å². The topological polar surface area (TPSA) is 44.8 Å². The number of aryl methyl sites for hydroxylation is 1. The van der Waals surface area contributed by atoms with E-state index in [0.717, 1.165) is 24.8 Å². The van der Waals surface area contributed by atoms with E-state index in [9.17, 15) is 4.79 Å². The van der Waals surface area contributed by atoms with E-state index in [1.807, 2.05) is 6.92 Å². The fourth-order valence-electron chi connectivity index (χ4n) is 3.30. The molecule has 2 aliphatic rings. The molecule has 0 radical (unpaired) electrons. The first kappa shape index (κ1) is 16.8. The van der Waals surface area contributed by atoms with E-state index in [-0.39, 0.29) is 5.97 Å². The molecule has 0 bridgehead atoms. The SMILES string of the molecule is CCOC/C(=C/OC1C=C(C)C(=O)O1)C1CCCc2ccccc21. The summed E-state index contributed by atoms with van der Waals surface area (Å²) in [6.07, 6.45) is 6.16. The van der Waals surface area contributed by atoms with Gasteiger partial charge in [-0.3, -0.25) is 0 Å². The maximum atomic E-state index is 11.5. The molecule has 0 spiro atoms. The molecule has 4 nitrogen and oxygen atoms in total. The second kappa shape index (κ2) is 7.67. The molecule has 2 atom stereocenters. The molecule has 0 saturated heterocycles. The number of ether oxygens (including phenoxy) is 3. The van der Waals surface area contributed by atoms with Crippen molar-refractivity contribution in [1.82, 2.24) is 0 Å². The van der Waals surface area contributed by atoms with Gasteiger partial charge in [-0.05, 0) is 49.8 Å². The van der Waals surface area contributed by atoms with Crippen molar-refractivity contribution in [1.29, 1.82) is 0 Å². The predicted molar refractivity (Wildman–Crippen MR) is 91.4 cm³/mol. The summed E-state index contributed by atoms with van der Waals surface area (Å²) in [6, 6.07) is 8.57. The molecule has 0 N–H and O–H groups in total. The molecule has 1 aromatic carbocycles. The van der Waals surface area contributed by atoms with E-state index in [4.69, 9.17) is 14.2 Å². The number of carbonyl (C=O) groups excluding carboxylic acids is 1. The number of hydrogen-bond acceptors (Lipinski definition) is 4. The van der Waals surface area contributed by atoms with Crippen LogP contribution in [0, 0.1) is 0 Å². The Labute approximate surface area is 143 Å². The third-order valence-electron chi connectivity index (χ3n) is 4.57. The van der Waals surface area contributed by atoms with Gasteiger partial charge in [-0.1, -0.05) is 24.3 Å². The third-order valence-corrected chi connectivity index (χ3v) is 4.57. The van der Waals surface area contributed by atoms with Gasteiger partial charge in [0.15, 0.2) is 0 Å². The smallest absolute Gasteiger partial charge is 0.336 e. The van der Waals surface area contributed by atoms with Crippen molar-refractivity contribution >= 4 is 5.97 Å². The van der Waals surface area contributed by atoms with Crippen LogP contribution in [0.25, 0.3) is 0 Å².